The Morgan fingerprint density at radius 3 is 2.46 bits per heavy atom. The highest BCUT2D eigenvalue weighted by Gasteiger charge is 2.09. The van der Waals surface area contributed by atoms with Crippen molar-refractivity contribution in [2.24, 2.45) is 0 Å². The van der Waals surface area contributed by atoms with Gasteiger partial charge < -0.3 is 4.90 Å². The topological polar surface area (TPSA) is 36.9 Å². The molecule has 4 nitrogen and oxygen atoms in total. The normalized spacial score (nSPS) is 10.4. The Bertz CT molecular complexity index is 310. The molecule has 0 aliphatic heterocycles. The molecule has 0 radical (unpaired) electrons. The summed E-state index contributed by atoms with van der Waals surface area (Å²) in [6.45, 7) is 9.06. The van der Waals surface area contributed by atoms with Gasteiger partial charge in [-0.3, -0.25) is 4.57 Å². The van der Waals surface area contributed by atoms with Crippen molar-refractivity contribution in [3.8, 4) is 0 Å². The summed E-state index contributed by atoms with van der Waals surface area (Å²) in [5.41, 5.74) is 0. The number of hydrogen-bond acceptors (Lipinski definition) is 3. The molecular formula is C8H16N4S. The molecule has 0 aliphatic rings. The van der Waals surface area contributed by atoms with Crippen molar-refractivity contribution < 1.29 is 0 Å². The van der Waals surface area contributed by atoms with Crippen LogP contribution in [0.25, 0.3) is 0 Å². The highest BCUT2D eigenvalue weighted by Crippen LogP contribution is 2.10. The average molecular weight is 200 g/mol. The van der Waals surface area contributed by atoms with E-state index in [-0.39, 0.29) is 0 Å². The Balaban J connectivity index is 3.05. The molecule has 0 bridgehead atoms. The number of H-pyrrole nitrogens is 1. The first kappa shape index (κ1) is 10.2. The first-order valence-corrected chi connectivity index (χ1v) is 5.05. The Kier molecular flexibility index (Phi) is 3.48. The molecule has 5 heteroatoms. The van der Waals surface area contributed by atoms with Gasteiger partial charge in [0.1, 0.15) is 0 Å². The minimum absolute atomic E-state index is 0.699. The van der Waals surface area contributed by atoms with Gasteiger partial charge in [0.25, 0.3) is 0 Å². The summed E-state index contributed by atoms with van der Waals surface area (Å²) in [6, 6.07) is 0. The van der Waals surface area contributed by atoms with Gasteiger partial charge in [-0.05, 0) is 33.0 Å². The molecule has 1 aromatic heterocycles. The van der Waals surface area contributed by atoms with Crippen molar-refractivity contribution in [1.29, 1.82) is 0 Å². The summed E-state index contributed by atoms with van der Waals surface area (Å²) < 4.78 is 2.70. The van der Waals surface area contributed by atoms with E-state index in [9.17, 15) is 0 Å². The lowest BCUT2D eigenvalue weighted by atomic mass is 10.5. The van der Waals surface area contributed by atoms with Crippen LogP contribution in [0, 0.1) is 4.77 Å². The molecule has 0 saturated heterocycles. The van der Waals surface area contributed by atoms with Crippen LogP contribution < -0.4 is 4.90 Å². The van der Waals surface area contributed by atoms with Crippen LogP contribution in [0.4, 0.5) is 5.95 Å². The van der Waals surface area contributed by atoms with Crippen molar-refractivity contribution in [3.63, 3.8) is 0 Å². The molecule has 1 rings (SSSR count). The Morgan fingerprint density at radius 1 is 1.38 bits per heavy atom. The molecule has 1 N–H and O–H groups in total. The van der Waals surface area contributed by atoms with E-state index < -0.39 is 0 Å². The Labute approximate surface area is 83.6 Å². The number of aromatic nitrogens is 3. The third-order valence-corrected chi connectivity index (χ3v) is 2.41. The third-order valence-electron chi connectivity index (χ3n) is 2.10. The lowest BCUT2D eigenvalue weighted by molar-refractivity contribution is 0.705. The van der Waals surface area contributed by atoms with Gasteiger partial charge in [0.05, 0.1) is 0 Å². The van der Waals surface area contributed by atoms with Crippen molar-refractivity contribution >= 4 is 18.2 Å². The molecule has 0 aliphatic carbocycles. The zero-order valence-electron chi connectivity index (χ0n) is 8.37. The fraction of sp³-hybridized carbons (Fsp3) is 0.750. The van der Waals surface area contributed by atoms with Gasteiger partial charge in [-0.15, -0.1) is 5.10 Å². The van der Waals surface area contributed by atoms with E-state index in [1.807, 2.05) is 4.57 Å². The second-order valence-electron chi connectivity index (χ2n) is 2.75. The summed E-state index contributed by atoms with van der Waals surface area (Å²) in [4.78, 5) is 2.18. The van der Waals surface area contributed by atoms with Gasteiger partial charge in [0.15, 0.2) is 4.77 Å². The largest absolute Gasteiger partial charge is 0.342 e. The average Bonchev–Trinajstić information content (AvgIpc) is 2.50. The fourth-order valence-corrected chi connectivity index (χ4v) is 1.60. The number of rotatable bonds is 4. The summed E-state index contributed by atoms with van der Waals surface area (Å²) >= 11 is 5.11. The van der Waals surface area contributed by atoms with Crippen LogP contribution in [-0.4, -0.2) is 27.9 Å². The van der Waals surface area contributed by atoms with Crippen LogP contribution in [0.1, 0.15) is 20.8 Å². The molecule has 0 aromatic carbocycles. The molecule has 0 spiro atoms. The molecule has 0 saturated carbocycles. The van der Waals surface area contributed by atoms with Gasteiger partial charge in [-0.25, -0.2) is 5.10 Å². The van der Waals surface area contributed by atoms with E-state index in [2.05, 4.69) is 35.9 Å². The quantitative estimate of drug-likeness (QED) is 0.753. The lowest BCUT2D eigenvalue weighted by Gasteiger charge is -2.19. The highest BCUT2D eigenvalue weighted by atomic mass is 32.1. The number of hydrogen-bond donors (Lipinski definition) is 1. The smallest absolute Gasteiger partial charge is 0.225 e. The molecule has 1 heterocycles. The number of anilines is 1. The summed E-state index contributed by atoms with van der Waals surface area (Å²) in [7, 11) is 0. The molecule has 0 atom stereocenters. The van der Waals surface area contributed by atoms with E-state index in [4.69, 9.17) is 12.2 Å². The molecule has 0 amide bonds. The lowest BCUT2D eigenvalue weighted by Crippen LogP contribution is -2.25. The molecule has 74 valence electrons. The predicted octanol–water partition coefficient (Wildman–Crippen LogP) is 1.81. The first-order chi connectivity index (χ1) is 6.24. The van der Waals surface area contributed by atoms with Crippen molar-refractivity contribution in [2.75, 3.05) is 18.0 Å². The van der Waals surface area contributed by atoms with E-state index in [0.717, 1.165) is 25.6 Å². The van der Waals surface area contributed by atoms with E-state index in [0.29, 0.717) is 4.77 Å². The SMILES string of the molecule is CCN(CC)c1n[nH]c(=S)n1CC. The number of aromatic amines is 1. The summed E-state index contributed by atoms with van der Waals surface area (Å²) in [5, 5.41) is 7.01. The van der Waals surface area contributed by atoms with Crippen LogP contribution in [0.3, 0.4) is 0 Å². The Morgan fingerprint density at radius 2 is 2.00 bits per heavy atom. The standard InChI is InChI=1S/C8H16N4S/c1-4-11(5-2)7-9-10-8(13)12(7)6-3/h4-6H2,1-3H3,(H,10,13). The number of nitrogens with zero attached hydrogens (tertiary/aromatic N) is 3. The highest BCUT2D eigenvalue weighted by molar-refractivity contribution is 7.71. The predicted molar refractivity (Wildman–Crippen MR) is 56.6 cm³/mol. The maximum absolute atomic E-state index is 5.11. The minimum Gasteiger partial charge on any atom is -0.342 e. The van der Waals surface area contributed by atoms with Crippen LogP contribution >= 0.6 is 12.2 Å². The van der Waals surface area contributed by atoms with Crippen molar-refractivity contribution in [2.45, 2.75) is 27.3 Å². The van der Waals surface area contributed by atoms with Gasteiger partial charge in [0, 0.05) is 19.6 Å². The van der Waals surface area contributed by atoms with Crippen LogP contribution in [0.15, 0.2) is 0 Å². The molecule has 13 heavy (non-hydrogen) atoms. The maximum atomic E-state index is 5.11. The summed E-state index contributed by atoms with van der Waals surface area (Å²) in [5.74, 6) is 0.942. The fourth-order valence-electron chi connectivity index (χ4n) is 1.34. The number of nitrogens with one attached hydrogen (secondary N) is 1. The van der Waals surface area contributed by atoms with E-state index in [1.165, 1.54) is 0 Å². The Hall–Kier alpha value is -0.840. The molecule has 1 aromatic rings. The minimum atomic E-state index is 0.699. The van der Waals surface area contributed by atoms with Crippen molar-refractivity contribution in [1.82, 2.24) is 14.8 Å². The second-order valence-corrected chi connectivity index (χ2v) is 3.13. The van der Waals surface area contributed by atoms with Crippen molar-refractivity contribution in [3.05, 3.63) is 4.77 Å². The van der Waals surface area contributed by atoms with Crippen LogP contribution in [-0.2, 0) is 6.54 Å². The summed E-state index contributed by atoms with van der Waals surface area (Å²) in [6.07, 6.45) is 0. The first-order valence-electron chi connectivity index (χ1n) is 4.64. The maximum Gasteiger partial charge on any atom is 0.225 e. The molecule has 0 unspecified atom stereocenters. The second kappa shape index (κ2) is 4.41. The van der Waals surface area contributed by atoms with Crippen LogP contribution in [0.5, 0.6) is 0 Å². The molecular weight excluding hydrogens is 184 g/mol. The van der Waals surface area contributed by atoms with Crippen LogP contribution in [0.2, 0.25) is 0 Å². The third kappa shape index (κ3) is 1.91. The van der Waals surface area contributed by atoms with Gasteiger partial charge in [0.2, 0.25) is 5.95 Å². The van der Waals surface area contributed by atoms with E-state index >= 15 is 0 Å². The molecule has 0 fully saturated rings. The van der Waals surface area contributed by atoms with Gasteiger partial charge >= 0.3 is 0 Å². The van der Waals surface area contributed by atoms with Gasteiger partial charge in [-0.1, -0.05) is 0 Å². The zero-order valence-corrected chi connectivity index (χ0v) is 9.19. The monoisotopic (exact) mass is 200 g/mol. The van der Waals surface area contributed by atoms with Gasteiger partial charge in [-0.2, -0.15) is 0 Å². The zero-order chi connectivity index (χ0) is 9.84. The van der Waals surface area contributed by atoms with E-state index in [1.54, 1.807) is 0 Å².